The van der Waals surface area contributed by atoms with Crippen LogP contribution in [-0.4, -0.2) is 14.5 Å². The number of hydrogen-bond donors (Lipinski definition) is 1. The predicted molar refractivity (Wildman–Crippen MR) is 76.0 cm³/mol. The Labute approximate surface area is 113 Å². The number of anilines is 1. The van der Waals surface area contributed by atoms with E-state index < -0.39 is 0 Å². The summed E-state index contributed by atoms with van der Waals surface area (Å²) >= 11 is 0. The van der Waals surface area contributed by atoms with Crippen molar-refractivity contribution in [3.8, 4) is 0 Å². The molecule has 1 N–H and O–H groups in total. The minimum Gasteiger partial charge on any atom is -0.352 e. The largest absolute Gasteiger partial charge is 0.352 e. The minimum atomic E-state index is 0.623. The first-order valence-electron chi connectivity index (χ1n) is 7.01. The first-order chi connectivity index (χ1) is 9.33. The smallest absolute Gasteiger partial charge is 0.203 e. The van der Waals surface area contributed by atoms with Crippen molar-refractivity contribution in [1.29, 1.82) is 0 Å². The molecule has 2 aromatic heterocycles. The number of hydrogen-bond acceptors (Lipinski definition) is 3. The number of imidazole rings is 1. The quantitative estimate of drug-likeness (QED) is 0.912. The van der Waals surface area contributed by atoms with Crippen molar-refractivity contribution in [2.45, 2.75) is 45.2 Å². The highest BCUT2D eigenvalue weighted by molar-refractivity contribution is 5.31. The Hall–Kier alpha value is -1.84. The zero-order valence-electron chi connectivity index (χ0n) is 11.3. The van der Waals surface area contributed by atoms with Crippen molar-refractivity contribution in [2.75, 3.05) is 5.32 Å². The van der Waals surface area contributed by atoms with Crippen LogP contribution in [0.5, 0.6) is 0 Å². The number of nitrogens with one attached hydrogen (secondary N) is 1. The van der Waals surface area contributed by atoms with Gasteiger partial charge in [-0.2, -0.15) is 0 Å². The van der Waals surface area contributed by atoms with Gasteiger partial charge in [-0.05, 0) is 31.4 Å². The van der Waals surface area contributed by atoms with E-state index in [2.05, 4.69) is 39.0 Å². The SMILES string of the molecule is Cc1cn(C2CCCC2)c(NCc2cccnc2)n1. The van der Waals surface area contributed by atoms with Crippen LogP contribution in [0.15, 0.2) is 30.7 Å². The fraction of sp³-hybridized carbons (Fsp3) is 0.467. The summed E-state index contributed by atoms with van der Waals surface area (Å²) in [6.45, 7) is 2.83. The Morgan fingerprint density at radius 3 is 2.95 bits per heavy atom. The average Bonchev–Trinajstić information content (AvgIpc) is 3.06. The second-order valence-electron chi connectivity index (χ2n) is 5.27. The molecule has 3 rings (SSSR count). The lowest BCUT2D eigenvalue weighted by Gasteiger charge is -2.15. The molecule has 100 valence electrons. The number of pyridine rings is 1. The van der Waals surface area contributed by atoms with Crippen LogP contribution in [0.25, 0.3) is 0 Å². The monoisotopic (exact) mass is 256 g/mol. The van der Waals surface area contributed by atoms with Crippen molar-refractivity contribution < 1.29 is 0 Å². The number of nitrogens with zero attached hydrogens (tertiary/aromatic N) is 3. The second kappa shape index (κ2) is 5.43. The molecule has 0 radical (unpaired) electrons. The topological polar surface area (TPSA) is 42.7 Å². The van der Waals surface area contributed by atoms with E-state index in [0.717, 1.165) is 18.2 Å². The van der Waals surface area contributed by atoms with Crippen LogP contribution in [0, 0.1) is 6.92 Å². The lowest BCUT2D eigenvalue weighted by molar-refractivity contribution is 0.522. The van der Waals surface area contributed by atoms with Gasteiger partial charge in [0.2, 0.25) is 5.95 Å². The molecule has 2 aromatic rings. The number of aryl methyl sites for hydroxylation is 1. The standard InChI is InChI=1S/C15H20N4/c1-12-11-19(14-6-2-3-7-14)15(18-12)17-10-13-5-4-8-16-9-13/h4-5,8-9,11,14H,2-3,6-7,10H2,1H3,(H,17,18). The molecule has 0 bridgehead atoms. The van der Waals surface area contributed by atoms with Crippen molar-refractivity contribution in [3.05, 3.63) is 42.0 Å². The third-order valence-corrected chi connectivity index (χ3v) is 3.74. The first-order valence-corrected chi connectivity index (χ1v) is 7.01. The summed E-state index contributed by atoms with van der Waals surface area (Å²) < 4.78 is 2.32. The van der Waals surface area contributed by atoms with Crippen molar-refractivity contribution >= 4 is 5.95 Å². The van der Waals surface area contributed by atoms with Gasteiger partial charge in [0.25, 0.3) is 0 Å². The van der Waals surface area contributed by atoms with Gasteiger partial charge in [-0.3, -0.25) is 4.98 Å². The van der Waals surface area contributed by atoms with Crippen molar-refractivity contribution in [2.24, 2.45) is 0 Å². The predicted octanol–water partition coefficient (Wildman–Crippen LogP) is 3.31. The lowest BCUT2D eigenvalue weighted by atomic mass is 10.2. The van der Waals surface area contributed by atoms with Gasteiger partial charge >= 0.3 is 0 Å². The highest BCUT2D eigenvalue weighted by Crippen LogP contribution is 2.32. The molecule has 0 amide bonds. The molecule has 1 aliphatic carbocycles. The first kappa shape index (κ1) is 12.2. The summed E-state index contributed by atoms with van der Waals surface area (Å²) in [4.78, 5) is 8.74. The van der Waals surface area contributed by atoms with Gasteiger partial charge < -0.3 is 9.88 Å². The fourth-order valence-corrected chi connectivity index (χ4v) is 2.79. The van der Waals surface area contributed by atoms with Crippen LogP contribution in [0.3, 0.4) is 0 Å². The zero-order valence-corrected chi connectivity index (χ0v) is 11.3. The maximum absolute atomic E-state index is 4.60. The number of aromatic nitrogens is 3. The average molecular weight is 256 g/mol. The number of rotatable bonds is 4. The van der Waals surface area contributed by atoms with E-state index in [1.165, 1.54) is 31.2 Å². The van der Waals surface area contributed by atoms with Gasteiger partial charge in [-0.15, -0.1) is 0 Å². The summed E-state index contributed by atoms with van der Waals surface area (Å²) in [5, 5.41) is 3.44. The van der Waals surface area contributed by atoms with Gasteiger partial charge in [0.1, 0.15) is 0 Å². The normalized spacial score (nSPS) is 15.8. The Balaban J connectivity index is 1.73. The summed E-state index contributed by atoms with van der Waals surface area (Å²) in [6, 6.07) is 4.67. The van der Waals surface area contributed by atoms with Crippen molar-refractivity contribution in [1.82, 2.24) is 14.5 Å². The van der Waals surface area contributed by atoms with Gasteiger partial charge in [0, 0.05) is 31.2 Å². The molecule has 4 nitrogen and oxygen atoms in total. The third-order valence-electron chi connectivity index (χ3n) is 3.74. The Bertz CT molecular complexity index is 526. The molecule has 1 fully saturated rings. The second-order valence-corrected chi connectivity index (χ2v) is 5.27. The molecule has 1 saturated carbocycles. The highest BCUT2D eigenvalue weighted by atomic mass is 15.2. The van der Waals surface area contributed by atoms with Crippen LogP contribution in [-0.2, 0) is 6.54 Å². The Kier molecular flexibility index (Phi) is 3.49. The van der Waals surface area contributed by atoms with Crippen LogP contribution >= 0.6 is 0 Å². The molecule has 19 heavy (non-hydrogen) atoms. The van der Waals surface area contributed by atoms with E-state index in [1.807, 2.05) is 12.3 Å². The molecular weight excluding hydrogens is 236 g/mol. The van der Waals surface area contributed by atoms with E-state index in [0.29, 0.717) is 6.04 Å². The van der Waals surface area contributed by atoms with Gasteiger partial charge in [-0.1, -0.05) is 18.9 Å². The van der Waals surface area contributed by atoms with Crippen molar-refractivity contribution in [3.63, 3.8) is 0 Å². The van der Waals surface area contributed by atoms with Gasteiger partial charge in [0.05, 0.1) is 5.69 Å². The van der Waals surface area contributed by atoms with Crippen LogP contribution < -0.4 is 5.32 Å². The summed E-state index contributed by atoms with van der Waals surface area (Å²) in [5.41, 5.74) is 2.27. The summed E-state index contributed by atoms with van der Waals surface area (Å²) in [6.07, 6.45) is 11.1. The van der Waals surface area contributed by atoms with E-state index in [-0.39, 0.29) is 0 Å². The molecule has 0 unspecified atom stereocenters. The van der Waals surface area contributed by atoms with Gasteiger partial charge in [-0.25, -0.2) is 4.98 Å². The van der Waals surface area contributed by atoms with E-state index in [4.69, 9.17) is 0 Å². The summed E-state index contributed by atoms with van der Waals surface area (Å²) in [7, 11) is 0. The molecule has 0 spiro atoms. The lowest BCUT2D eigenvalue weighted by Crippen LogP contribution is -2.10. The molecule has 0 aromatic carbocycles. The van der Waals surface area contributed by atoms with Crippen LogP contribution in [0.1, 0.15) is 43.0 Å². The molecule has 4 heteroatoms. The van der Waals surface area contributed by atoms with Gasteiger partial charge in [0.15, 0.2) is 0 Å². The molecule has 0 aliphatic heterocycles. The van der Waals surface area contributed by atoms with Crippen LogP contribution in [0.2, 0.25) is 0 Å². The Morgan fingerprint density at radius 2 is 2.21 bits per heavy atom. The molecule has 0 atom stereocenters. The Morgan fingerprint density at radius 1 is 1.37 bits per heavy atom. The maximum Gasteiger partial charge on any atom is 0.203 e. The molecule has 1 aliphatic rings. The van der Waals surface area contributed by atoms with Crippen LogP contribution in [0.4, 0.5) is 5.95 Å². The minimum absolute atomic E-state index is 0.623. The molecule has 2 heterocycles. The maximum atomic E-state index is 4.60. The zero-order chi connectivity index (χ0) is 13.1. The molecule has 0 saturated heterocycles. The summed E-state index contributed by atoms with van der Waals surface area (Å²) in [5.74, 6) is 0.994. The molecular formula is C15H20N4. The third kappa shape index (κ3) is 2.78. The van der Waals surface area contributed by atoms with E-state index in [9.17, 15) is 0 Å². The van der Waals surface area contributed by atoms with E-state index in [1.54, 1.807) is 6.20 Å². The fourth-order valence-electron chi connectivity index (χ4n) is 2.79. The highest BCUT2D eigenvalue weighted by Gasteiger charge is 2.19. The van der Waals surface area contributed by atoms with E-state index >= 15 is 0 Å².